The van der Waals surface area contributed by atoms with E-state index in [1.807, 2.05) is 0 Å². The first kappa shape index (κ1) is 13.4. The van der Waals surface area contributed by atoms with Crippen molar-refractivity contribution in [2.24, 2.45) is 0 Å². The molecule has 2 aromatic carbocycles. The molecule has 0 aromatic heterocycles. The van der Waals surface area contributed by atoms with Crippen molar-refractivity contribution in [1.29, 1.82) is 0 Å². The first-order chi connectivity index (χ1) is 9.38. The number of hydrogen-bond donors (Lipinski definition) is 4. The van der Waals surface area contributed by atoms with E-state index in [9.17, 15) is 14.7 Å². The van der Waals surface area contributed by atoms with E-state index >= 15 is 0 Å². The molecule has 0 amide bonds. The summed E-state index contributed by atoms with van der Waals surface area (Å²) in [6.45, 7) is 0. The summed E-state index contributed by atoms with van der Waals surface area (Å²) < 4.78 is 0. The van der Waals surface area contributed by atoms with Crippen LogP contribution in [0, 0.1) is 0 Å². The minimum absolute atomic E-state index is 0.142. The first-order valence-electron chi connectivity index (χ1n) is 5.59. The molecule has 0 spiro atoms. The van der Waals surface area contributed by atoms with E-state index in [2.05, 4.69) is 0 Å². The predicted molar refractivity (Wildman–Crippen MR) is 71.9 cm³/mol. The van der Waals surface area contributed by atoms with Crippen molar-refractivity contribution in [1.82, 2.24) is 0 Å². The number of rotatable bonds is 3. The van der Waals surface area contributed by atoms with Gasteiger partial charge in [0, 0.05) is 0 Å². The molecule has 0 aliphatic carbocycles. The molecule has 2 rings (SSSR count). The number of aromatic carboxylic acids is 2. The van der Waals surface area contributed by atoms with Gasteiger partial charge in [-0.25, -0.2) is 9.59 Å². The van der Waals surface area contributed by atoms with Gasteiger partial charge in [-0.1, -0.05) is 6.07 Å². The standard InChI is InChI=1S/C14H11NO5/c15-11-2-1-7(6-12(11)16)8-3-9(13(17)18)5-10(4-8)14(19)20/h1-6,16H,15H2,(H,17,18)(H,19,20). The monoisotopic (exact) mass is 273 g/mol. The van der Waals surface area contributed by atoms with Crippen LogP contribution in [0.2, 0.25) is 0 Å². The molecule has 0 fully saturated rings. The zero-order valence-corrected chi connectivity index (χ0v) is 10.2. The normalized spacial score (nSPS) is 10.2. The van der Waals surface area contributed by atoms with Gasteiger partial charge in [0.15, 0.2) is 0 Å². The average Bonchev–Trinajstić information content (AvgIpc) is 2.41. The molecule has 20 heavy (non-hydrogen) atoms. The Bertz CT molecular complexity index is 676. The van der Waals surface area contributed by atoms with E-state index in [4.69, 9.17) is 15.9 Å². The van der Waals surface area contributed by atoms with Crippen LogP contribution in [0.5, 0.6) is 5.75 Å². The molecule has 2 aromatic rings. The molecule has 0 aliphatic heterocycles. The van der Waals surface area contributed by atoms with Gasteiger partial charge in [-0.15, -0.1) is 0 Å². The highest BCUT2D eigenvalue weighted by Gasteiger charge is 2.13. The number of carboxylic acid groups (broad SMARTS) is 2. The van der Waals surface area contributed by atoms with Gasteiger partial charge in [0.25, 0.3) is 0 Å². The van der Waals surface area contributed by atoms with E-state index in [-0.39, 0.29) is 22.6 Å². The fourth-order valence-corrected chi connectivity index (χ4v) is 1.76. The highest BCUT2D eigenvalue weighted by atomic mass is 16.4. The summed E-state index contributed by atoms with van der Waals surface area (Å²) in [5, 5.41) is 27.6. The summed E-state index contributed by atoms with van der Waals surface area (Å²) in [5.41, 5.74) is 6.23. The van der Waals surface area contributed by atoms with E-state index in [1.54, 1.807) is 6.07 Å². The molecular formula is C14H11NO5. The van der Waals surface area contributed by atoms with Crippen molar-refractivity contribution in [3.05, 3.63) is 47.5 Å². The number of phenolic OH excluding ortho intramolecular Hbond substituents is 1. The molecule has 0 radical (unpaired) electrons. The lowest BCUT2D eigenvalue weighted by molar-refractivity contribution is 0.0696. The van der Waals surface area contributed by atoms with Gasteiger partial charge < -0.3 is 21.1 Å². The average molecular weight is 273 g/mol. The van der Waals surface area contributed by atoms with Crippen LogP contribution in [0.25, 0.3) is 11.1 Å². The Labute approximate surface area is 113 Å². The van der Waals surface area contributed by atoms with Crippen LogP contribution in [-0.4, -0.2) is 27.3 Å². The fourth-order valence-electron chi connectivity index (χ4n) is 1.76. The van der Waals surface area contributed by atoms with E-state index in [0.29, 0.717) is 11.1 Å². The van der Waals surface area contributed by atoms with E-state index < -0.39 is 11.9 Å². The van der Waals surface area contributed by atoms with Crippen molar-refractivity contribution >= 4 is 17.6 Å². The van der Waals surface area contributed by atoms with Gasteiger partial charge in [0.2, 0.25) is 0 Å². The quantitative estimate of drug-likeness (QED) is 0.501. The van der Waals surface area contributed by atoms with Gasteiger partial charge in [-0.2, -0.15) is 0 Å². The molecule has 6 nitrogen and oxygen atoms in total. The van der Waals surface area contributed by atoms with Crippen molar-refractivity contribution in [3.63, 3.8) is 0 Å². The Morgan fingerprint density at radius 2 is 1.40 bits per heavy atom. The summed E-state index contributed by atoms with van der Waals surface area (Å²) in [7, 11) is 0. The smallest absolute Gasteiger partial charge is 0.335 e. The summed E-state index contributed by atoms with van der Waals surface area (Å²) in [4.78, 5) is 22.0. The Hall–Kier alpha value is -3.02. The van der Waals surface area contributed by atoms with Gasteiger partial charge in [-0.3, -0.25) is 0 Å². The van der Waals surface area contributed by atoms with Crippen molar-refractivity contribution in [2.75, 3.05) is 5.73 Å². The maximum atomic E-state index is 11.0. The third kappa shape index (κ3) is 2.54. The van der Waals surface area contributed by atoms with Crippen LogP contribution in [0.4, 0.5) is 5.69 Å². The van der Waals surface area contributed by atoms with Crippen LogP contribution in [0.1, 0.15) is 20.7 Å². The third-order valence-electron chi connectivity index (χ3n) is 2.79. The van der Waals surface area contributed by atoms with Crippen molar-refractivity contribution in [2.45, 2.75) is 0 Å². The Balaban J connectivity index is 2.63. The number of carbonyl (C=O) groups is 2. The highest BCUT2D eigenvalue weighted by molar-refractivity contribution is 5.96. The third-order valence-corrected chi connectivity index (χ3v) is 2.79. The maximum absolute atomic E-state index is 11.0. The molecule has 102 valence electrons. The van der Waals surface area contributed by atoms with Crippen molar-refractivity contribution in [3.8, 4) is 16.9 Å². The Morgan fingerprint density at radius 3 is 1.85 bits per heavy atom. The van der Waals surface area contributed by atoms with E-state index in [0.717, 1.165) is 6.07 Å². The lowest BCUT2D eigenvalue weighted by atomic mass is 9.99. The molecule has 0 atom stereocenters. The second kappa shape index (κ2) is 4.93. The van der Waals surface area contributed by atoms with Gasteiger partial charge >= 0.3 is 11.9 Å². The summed E-state index contributed by atoms with van der Waals surface area (Å²) in [6.07, 6.45) is 0. The molecule has 0 heterocycles. The predicted octanol–water partition coefficient (Wildman–Crippen LogP) is 2.04. The number of anilines is 1. The Kier molecular flexibility index (Phi) is 3.30. The second-order valence-electron chi connectivity index (χ2n) is 4.18. The molecule has 5 N–H and O–H groups in total. The number of aromatic hydroxyl groups is 1. The van der Waals surface area contributed by atoms with E-state index in [1.165, 1.54) is 24.3 Å². The van der Waals surface area contributed by atoms with Gasteiger partial charge in [0.1, 0.15) is 5.75 Å². The molecule has 6 heteroatoms. The van der Waals surface area contributed by atoms with Gasteiger partial charge in [0.05, 0.1) is 16.8 Å². The van der Waals surface area contributed by atoms with Crippen LogP contribution >= 0.6 is 0 Å². The SMILES string of the molecule is Nc1ccc(-c2cc(C(=O)O)cc(C(=O)O)c2)cc1O. The van der Waals surface area contributed by atoms with Crippen LogP contribution in [-0.2, 0) is 0 Å². The molecule has 0 aliphatic rings. The lowest BCUT2D eigenvalue weighted by Crippen LogP contribution is -2.03. The van der Waals surface area contributed by atoms with Gasteiger partial charge in [-0.05, 0) is 41.5 Å². The highest BCUT2D eigenvalue weighted by Crippen LogP contribution is 2.29. The second-order valence-corrected chi connectivity index (χ2v) is 4.18. The fraction of sp³-hybridized carbons (Fsp3) is 0. The summed E-state index contributed by atoms with van der Waals surface area (Å²) in [5.74, 6) is -2.61. The molecule has 0 saturated carbocycles. The molecule has 0 saturated heterocycles. The number of benzene rings is 2. The Morgan fingerprint density at radius 1 is 0.850 bits per heavy atom. The topological polar surface area (TPSA) is 121 Å². The summed E-state index contributed by atoms with van der Waals surface area (Å²) >= 11 is 0. The minimum atomic E-state index is -1.23. The molecule has 0 unspecified atom stereocenters. The lowest BCUT2D eigenvalue weighted by Gasteiger charge is -2.07. The molecular weight excluding hydrogens is 262 g/mol. The number of hydrogen-bond acceptors (Lipinski definition) is 4. The van der Waals surface area contributed by atoms with Crippen molar-refractivity contribution < 1.29 is 24.9 Å². The number of phenols is 1. The number of nitrogen functional groups attached to an aromatic ring is 1. The molecule has 0 bridgehead atoms. The largest absolute Gasteiger partial charge is 0.506 e. The zero-order valence-electron chi connectivity index (χ0n) is 10.2. The van der Waals surface area contributed by atoms with Crippen LogP contribution in [0.3, 0.4) is 0 Å². The number of nitrogens with two attached hydrogens (primary N) is 1. The summed E-state index contributed by atoms with van der Waals surface area (Å²) in [6, 6.07) is 8.12. The minimum Gasteiger partial charge on any atom is -0.506 e. The first-order valence-corrected chi connectivity index (χ1v) is 5.59. The number of carboxylic acids is 2. The van der Waals surface area contributed by atoms with Crippen LogP contribution in [0.15, 0.2) is 36.4 Å². The zero-order chi connectivity index (χ0) is 14.9. The maximum Gasteiger partial charge on any atom is 0.335 e. The van der Waals surface area contributed by atoms with Crippen LogP contribution < -0.4 is 5.73 Å².